The van der Waals surface area contributed by atoms with Crippen LogP contribution in [-0.4, -0.2) is 35.9 Å². The normalized spacial score (nSPS) is 17.2. The first-order valence-electron chi connectivity index (χ1n) is 4.78. The van der Waals surface area contributed by atoms with Crippen molar-refractivity contribution in [1.82, 2.24) is 9.45 Å². The second-order valence-corrected chi connectivity index (χ2v) is 5.16. The summed E-state index contributed by atoms with van der Waals surface area (Å²) in [5, 5.41) is 10.4. The lowest BCUT2D eigenvalue weighted by molar-refractivity contribution is -0.389. The predicted molar refractivity (Wildman–Crippen MR) is 55.4 cm³/mol. The summed E-state index contributed by atoms with van der Waals surface area (Å²) in [6.07, 6.45) is 1.58. The van der Waals surface area contributed by atoms with Gasteiger partial charge in [-0.25, -0.2) is 8.42 Å². The van der Waals surface area contributed by atoms with Crippen molar-refractivity contribution < 1.29 is 18.2 Å². The highest BCUT2D eigenvalue weighted by Crippen LogP contribution is 2.20. The van der Waals surface area contributed by atoms with Crippen molar-refractivity contribution in [2.75, 3.05) is 13.2 Å². The number of hydrogen-bond donors (Lipinski definition) is 0. The van der Waals surface area contributed by atoms with Crippen LogP contribution in [0.4, 0.5) is 5.82 Å². The second kappa shape index (κ2) is 4.35. The molecule has 1 saturated heterocycles. The van der Waals surface area contributed by atoms with Gasteiger partial charge in [-0.2, -0.15) is 0 Å². The lowest BCUT2D eigenvalue weighted by Crippen LogP contribution is -2.26. The van der Waals surface area contributed by atoms with Crippen molar-refractivity contribution >= 4 is 15.8 Å². The molecule has 8 nitrogen and oxygen atoms in total. The van der Waals surface area contributed by atoms with Crippen molar-refractivity contribution in [3.63, 3.8) is 0 Å². The van der Waals surface area contributed by atoms with E-state index in [0.29, 0.717) is 13.0 Å². The van der Waals surface area contributed by atoms with Crippen molar-refractivity contribution in [2.45, 2.75) is 11.3 Å². The van der Waals surface area contributed by atoms with Crippen LogP contribution in [0.3, 0.4) is 0 Å². The Morgan fingerprint density at radius 3 is 2.71 bits per heavy atom. The van der Waals surface area contributed by atoms with Gasteiger partial charge in [0.1, 0.15) is 4.90 Å². The number of aromatic nitrogens is 1. The van der Waals surface area contributed by atoms with Gasteiger partial charge in [0.05, 0.1) is 6.61 Å². The Bertz CT molecular complexity index is 521. The summed E-state index contributed by atoms with van der Waals surface area (Å²) in [4.78, 5) is 18.0. The van der Waals surface area contributed by atoms with Crippen LogP contribution in [0.2, 0.25) is 0 Å². The fourth-order valence-corrected chi connectivity index (χ4v) is 2.61. The molecule has 1 fully saturated rings. The predicted octanol–water partition coefficient (Wildman–Crippen LogP) is 0.316. The molecule has 1 aromatic heterocycles. The van der Waals surface area contributed by atoms with E-state index in [1.807, 2.05) is 0 Å². The van der Waals surface area contributed by atoms with E-state index in [1.165, 1.54) is 0 Å². The minimum Gasteiger partial charge on any atom is -0.358 e. The molecule has 9 heteroatoms. The first-order valence-corrected chi connectivity index (χ1v) is 6.22. The van der Waals surface area contributed by atoms with Gasteiger partial charge >= 0.3 is 5.82 Å². The molecule has 0 radical (unpaired) electrons. The number of hydrogen-bond acceptors (Lipinski definition) is 6. The van der Waals surface area contributed by atoms with E-state index in [2.05, 4.69) is 4.98 Å². The van der Waals surface area contributed by atoms with Gasteiger partial charge in [-0.3, -0.25) is 4.84 Å². The van der Waals surface area contributed by atoms with E-state index in [1.54, 1.807) is 0 Å². The highest BCUT2D eigenvalue weighted by Gasteiger charge is 2.30. The van der Waals surface area contributed by atoms with Gasteiger partial charge in [-0.15, -0.1) is 0 Å². The number of sulfonamides is 1. The molecule has 2 rings (SSSR count). The van der Waals surface area contributed by atoms with Crippen LogP contribution >= 0.6 is 0 Å². The Hall–Kier alpha value is -1.58. The Kier molecular flexibility index (Phi) is 3.05. The number of rotatable bonds is 3. The van der Waals surface area contributed by atoms with Gasteiger partial charge in [-0.1, -0.05) is 4.47 Å². The monoisotopic (exact) mass is 259 g/mol. The van der Waals surface area contributed by atoms with Crippen LogP contribution in [0.1, 0.15) is 6.42 Å². The summed E-state index contributed by atoms with van der Waals surface area (Å²) in [7, 11) is -3.76. The largest absolute Gasteiger partial charge is 0.363 e. The van der Waals surface area contributed by atoms with Crippen molar-refractivity contribution in [3.8, 4) is 0 Å². The van der Waals surface area contributed by atoms with Gasteiger partial charge in [0.25, 0.3) is 10.0 Å². The minimum atomic E-state index is -3.76. The molecule has 0 amide bonds. The zero-order valence-electron chi connectivity index (χ0n) is 8.64. The molecule has 1 aliphatic rings. The van der Waals surface area contributed by atoms with Crippen molar-refractivity contribution in [1.29, 1.82) is 0 Å². The second-order valence-electron chi connectivity index (χ2n) is 3.33. The fraction of sp³-hybridized carbons (Fsp3) is 0.375. The third-order valence-electron chi connectivity index (χ3n) is 2.19. The third-order valence-corrected chi connectivity index (χ3v) is 3.86. The fourth-order valence-electron chi connectivity index (χ4n) is 1.36. The van der Waals surface area contributed by atoms with Crippen LogP contribution < -0.4 is 0 Å². The van der Waals surface area contributed by atoms with Gasteiger partial charge < -0.3 is 10.1 Å². The number of pyridine rings is 1. The molecule has 17 heavy (non-hydrogen) atoms. The number of hydroxylamine groups is 1. The summed E-state index contributed by atoms with van der Waals surface area (Å²) in [5.74, 6) is -0.397. The Morgan fingerprint density at radius 2 is 2.24 bits per heavy atom. The highest BCUT2D eigenvalue weighted by molar-refractivity contribution is 7.89. The van der Waals surface area contributed by atoms with Gasteiger partial charge in [0, 0.05) is 12.6 Å². The minimum absolute atomic E-state index is 0.120. The van der Waals surface area contributed by atoms with E-state index >= 15 is 0 Å². The average Bonchev–Trinajstić information content (AvgIpc) is 2.83. The summed E-state index contributed by atoms with van der Waals surface area (Å²) < 4.78 is 24.7. The Balaban J connectivity index is 2.30. The van der Waals surface area contributed by atoms with Crippen LogP contribution in [0.25, 0.3) is 0 Å². The molecule has 0 N–H and O–H groups in total. The van der Waals surface area contributed by atoms with E-state index in [0.717, 1.165) is 22.8 Å². The van der Waals surface area contributed by atoms with E-state index < -0.39 is 20.8 Å². The summed E-state index contributed by atoms with van der Waals surface area (Å²) >= 11 is 0. The van der Waals surface area contributed by atoms with Crippen LogP contribution in [0, 0.1) is 10.1 Å². The standard InChI is InChI=1S/C8H9N3O5S/c12-11(13)8-3-2-7(6-9-8)17(14,15)10-4-1-5-16-10/h2-3,6H,1,4-5H2. The maximum atomic E-state index is 11.9. The summed E-state index contributed by atoms with van der Waals surface area (Å²) in [6.45, 7) is 0.624. The summed E-state index contributed by atoms with van der Waals surface area (Å²) in [6, 6.07) is 2.19. The van der Waals surface area contributed by atoms with Crippen LogP contribution in [0.5, 0.6) is 0 Å². The first-order chi connectivity index (χ1) is 8.01. The van der Waals surface area contributed by atoms with Crippen LogP contribution in [0.15, 0.2) is 23.2 Å². The Morgan fingerprint density at radius 1 is 1.47 bits per heavy atom. The zero-order chi connectivity index (χ0) is 12.5. The molecule has 92 valence electrons. The highest BCUT2D eigenvalue weighted by atomic mass is 32.2. The molecule has 0 spiro atoms. The zero-order valence-corrected chi connectivity index (χ0v) is 9.46. The topological polar surface area (TPSA) is 103 Å². The van der Waals surface area contributed by atoms with Crippen LogP contribution in [-0.2, 0) is 14.9 Å². The molecule has 0 bridgehead atoms. The molecule has 1 aliphatic heterocycles. The van der Waals surface area contributed by atoms with E-state index in [9.17, 15) is 18.5 Å². The first kappa shape index (κ1) is 11.9. The van der Waals surface area contributed by atoms with Gasteiger partial charge in [0.2, 0.25) is 0 Å². The number of nitrogens with zero attached hydrogens (tertiary/aromatic N) is 3. The average molecular weight is 259 g/mol. The maximum absolute atomic E-state index is 11.9. The molecule has 2 heterocycles. The molecule has 1 aromatic rings. The Labute approximate surface area is 97.0 Å². The quantitative estimate of drug-likeness (QED) is 0.572. The van der Waals surface area contributed by atoms with Gasteiger partial charge in [0.15, 0.2) is 6.20 Å². The molecule has 0 aromatic carbocycles. The van der Waals surface area contributed by atoms with E-state index in [4.69, 9.17) is 4.84 Å². The summed E-state index contributed by atoms with van der Waals surface area (Å²) in [5.41, 5.74) is 0. The molecular weight excluding hydrogens is 250 g/mol. The maximum Gasteiger partial charge on any atom is 0.363 e. The van der Waals surface area contributed by atoms with E-state index in [-0.39, 0.29) is 11.4 Å². The smallest absolute Gasteiger partial charge is 0.358 e. The lowest BCUT2D eigenvalue weighted by Gasteiger charge is -2.12. The molecule has 0 aliphatic carbocycles. The number of nitro groups is 1. The van der Waals surface area contributed by atoms with Crippen molar-refractivity contribution in [3.05, 3.63) is 28.4 Å². The molecule has 0 saturated carbocycles. The molecular formula is C8H9N3O5S. The molecule has 0 atom stereocenters. The molecule has 0 unspecified atom stereocenters. The third kappa shape index (κ3) is 2.25. The van der Waals surface area contributed by atoms with Crippen molar-refractivity contribution in [2.24, 2.45) is 0 Å². The van der Waals surface area contributed by atoms with Gasteiger partial charge in [-0.05, 0) is 22.4 Å². The SMILES string of the molecule is O=[N+]([O-])c1ccc(S(=O)(=O)N2CCCO2)cn1. The lowest BCUT2D eigenvalue weighted by atomic mass is 10.5.